The van der Waals surface area contributed by atoms with Crippen LogP contribution in [0.2, 0.25) is 5.02 Å². The zero-order chi connectivity index (χ0) is 32.3. The smallest absolute Gasteiger partial charge is 0.338 e. The van der Waals surface area contributed by atoms with Gasteiger partial charge in [-0.25, -0.2) is 28.5 Å². The Morgan fingerprint density at radius 2 is 1.78 bits per heavy atom. The molecule has 0 bridgehead atoms. The number of thiazole rings is 1. The zero-order valence-electron chi connectivity index (χ0n) is 25.3. The number of benzene rings is 1. The number of nitrogens with one attached hydrogen (secondary N) is 1. The average molecular weight is 659 g/mol. The number of anilines is 1. The van der Waals surface area contributed by atoms with Crippen LogP contribution in [0, 0.1) is 17.6 Å². The Bertz CT molecular complexity index is 1620. The SMILES string of the molecule is CCOC(=O)C1=C(C2CCN(c3ncc(C(C)(C)C(=O)OCC)cn3)CC2)NC(c2nccs2)=NC1c1ccc(F)c(F)c1Cl. The molecule has 3 aromatic rings. The van der Waals surface area contributed by atoms with E-state index in [4.69, 9.17) is 26.1 Å². The lowest BCUT2D eigenvalue weighted by molar-refractivity contribution is -0.148. The van der Waals surface area contributed by atoms with Gasteiger partial charge in [-0.1, -0.05) is 17.7 Å². The maximum Gasteiger partial charge on any atom is 0.338 e. The Morgan fingerprint density at radius 3 is 2.40 bits per heavy atom. The Balaban J connectivity index is 1.45. The molecule has 2 aromatic heterocycles. The quantitative estimate of drug-likeness (QED) is 0.234. The number of aromatic nitrogens is 3. The predicted molar refractivity (Wildman–Crippen MR) is 166 cm³/mol. The standard InChI is InChI=1S/C31H33ClF2N6O4S/c1-5-43-28(41)21-24(38-26(27-35-11-14-45-27)39-25(21)19-7-8-20(33)23(34)22(19)32)17-9-12-40(13-10-17)30-36-15-18(16-37-30)31(3,4)29(42)44-6-2/h7-8,11,14-17,25H,5-6,9-10,12-13H2,1-4H3,(H,38,39). The number of carbonyl (C=O) groups excluding carboxylic acids is 2. The molecule has 2 aliphatic rings. The number of piperidine rings is 1. The molecule has 1 saturated heterocycles. The van der Waals surface area contributed by atoms with E-state index >= 15 is 0 Å². The lowest BCUT2D eigenvalue weighted by Crippen LogP contribution is -2.42. The number of hydrogen-bond acceptors (Lipinski definition) is 11. The summed E-state index contributed by atoms with van der Waals surface area (Å²) in [6.45, 7) is 8.50. The van der Waals surface area contributed by atoms with Gasteiger partial charge >= 0.3 is 11.9 Å². The number of rotatable bonds is 9. The van der Waals surface area contributed by atoms with Crippen LogP contribution in [0.25, 0.3) is 0 Å². The molecular formula is C31H33ClF2N6O4S. The molecule has 0 radical (unpaired) electrons. The van der Waals surface area contributed by atoms with Crippen molar-refractivity contribution in [2.75, 3.05) is 31.2 Å². The largest absolute Gasteiger partial charge is 0.465 e. The van der Waals surface area contributed by atoms with Gasteiger partial charge in [-0.05, 0) is 46.6 Å². The third-order valence-corrected chi connectivity index (χ3v) is 9.06. The number of nitrogens with zero attached hydrogens (tertiary/aromatic N) is 5. The molecule has 45 heavy (non-hydrogen) atoms. The van der Waals surface area contributed by atoms with Gasteiger partial charge in [0.05, 0.1) is 29.2 Å². The molecule has 1 atom stereocenters. The second kappa shape index (κ2) is 13.6. The van der Waals surface area contributed by atoms with E-state index in [-0.39, 0.29) is 36.2 Å². The highest BCUT2D eigenvalue weighted by atomic mass is 35.5. The fraction of sp³-hybridized carbons (Fsp3) is 0.419. The number of esters is 2. The van der Waals surface area contributed by atoms with Crippen molar-refractivity contribution in [3.8, 4) is 0 Å². The first-order chi connectivity index (χ1) is 21.6. The highest BCUT2D eigenvalue weighted by molar-refractivity contribution is 7.11. The molecule has 1 fully saturated rings. The van der Waals surface area contributed by atoms with Gasteiger partial charge in [0, 0.05) is 59.8 Å². The number of allylic oxidation sites excluding steroid dienone is 1. The molecule has 2 aliphatic heterocycles. The highest BCUT2D eigenvalue weighted by Crippen LogP contribution is 2.41. The molecule has 1 N–H and O–H groups in total. The first-order valence-electron chi connectivity index (χ1n) is 14.6. The number of aliphatic imine (C=N–C) groups is 1. The van der Waals surface area contributed by atoms with Gasteiger partial charge in [0.1, 0.15) is 6.04 Å². The minimum Gasteiger partial charge on any atom is -0.465 e. The van der Waals surface area contributed by atoms with Crippen molar-refractivity contribution in [3.63, 3.8) is 0 Å². The van der Waals surface area contributed by atoms with E-state index in [2.05, 4.69) is 20.3 Å². The Hall–Kier alpha value is -3.97. The summed E-state index contributed by atoms with van der Waals surface area (Å²) >= 11 is 7.65. The molecule has 14 heteroatoms. The Kier molecular flexibility index (Phi) is 9.78. The first kappa shape index (κ1) is 32.4. The fourth-order valence-electron chi connectivity index (χ4n) is 5.35. The Labute approximate surface area is 268 Å². The molecule has 0 amide bonds. The minimum absolute atomic E-state index is 0.107. The number of halogens is 3. The van der Waals surface area contributed by atoms with Gasteiger partial charge in [0.25, 0.3) is 0 Å². The number of ether oxygens (including phenoxy) is 2. The van der Waals surface area contributed by atoms with E-state index in [0.29, 0.717) is 54.0 Å². The number of carbonyl (C=O) groups is 2. The normalized spacial score (nSPS) is 17.5. The maximum absolute atomic E-state index is 14.7. The van der Waals surface area contributed by atoms with Gasteiger partial charge in [-0.15, -0.1) is 11.3 Å². The first-order valence-corrected chi connectivity index (χ1v) is 15.9. The van der Waals surface area contributed by atoms with Crippen LogP contribution < -0.4 is 10.2 Å². The summed E-state index contributed by atoms with van der Waals surface area (Å²) < 4.78 is 39.3. The summed E-state index contributed by atoms with van der Waals surface area (Å²) in [5, 5.41) is 5.24. The van der Waals surface area contributed by atoms with E-state index in [1.165, 1.54) is 17.4 Å². The van der Waals surface area contributed by atoms with Crippen molar-refractivity contribution in [3.05, 3.63) is 80.2 Å². The van der Waals surface area contributed by atoms with Crippen molar-refractivity contribution in [2.45, 2.75) is 52.0 Å². The summed E-state index contributed by atoms with van der Waals surface area (Å²) in [5.74, 6) is -2.53. The molecule has 10 nitrogen and oxygen atoms in total. The van der Waals surface area contributed by atoms with E-state index < -0.39 is 34.1 Å². The monoisotopic (exact) mass is 658 g/mol. The maximum atomic E-state index is 14.7. The van der Waals surface area contributed by atoms with Crippen LogP contribution in [0.5, 0.6) is 0 Å². The van der Waals surface area contributed by atoms with Crippen LogP contribution in [0.1, 0.15) is 62.7 Å². The molecule has 0 saturated carbocycles. The third kappa shape index (κ3) is 6.55. The summed E-state index contributed by atoms with van der Waals surface area (Å²) in [4.78, 5) is 46.1. The number of amidine groups is 1. The van der Waals surface area contributed by atoms with Gasteiger partial charge in [-0.2, -0.15) is 0 Å². The van der Waals surface area contributed by atoms with Crippen molar-refractivity contribution >= 4 is 46.7 Å². The molecule has 1 aromatic carbocycles. The topological polar surface area (TPSA) is 119 Å². The third-order valence-electron chi connectivity index (χ3n) is 7.90. The van der Waals surface area contributed by atoms with Crippen LogP contribution in [0.4, 0.5) is 14.7 Å². The lowest BCUT2D eigenvalue weighted by Gasteiger charge is -2.36. The van der Waals surface area contributed by atoms with Crippen molar-refractivity contribution in [1.82, 2.24) is 20.3 Å². The van der Waals surface area contributed by atoms with Crippen LogP contribution in [0.3, 0.4) is 0 Å². The second-order valence-electron chi connectivity index (χ2n) is 11.0. The summed E-state index contributed by atoms with van der Waals surface area (Å²) in [6.07, 6.45) is 6.12. The van der Waals surface area contributed by atoms with Crippen LogP contribution in [-0.2, 0) is 24.5 Å². The number of hydrogen-bond donors (Lipinski definition) is 1. The average Bonchev–Trinajstić information content (AvgIpc) is 3.59. The molecule has 0 spiro atoms. The zero-order valence-corrected chi connectivity index (χ0v) is 26.8. The fourth-order valence-corrected chi connectivity index (χ4v) is 6.20. The predicted octanol–water partition coefficient (Wildman–Crippen LogP) is 5.53. The molecule has 5 rings (SSSR count). The van der Waals surface area contributed by atoms with E-state index in [0.717, 1.165) is 6.07 Å². The van der Waals surface area contributed by atoms with Gasteiger partial charge in [0.15, 0.2) is 22.5 Å². The minimum atomic E-state index is -1.21. The van der Waals surface area contributed by atoms with Crippen LogP contribution in [0.15, 0.2) is 52.4 Å². The van der Waals surface area contributed by atoms with Gasteiger partial charge < -0.3 is 19.7 Å². The van der Waals surface area contributed by atoms with Crippen molar-refractivity contribution in [1.29, 1.82) is 0 Å². The second-order valence-corrected chi connectivity index (χ2v) is 12.3. The van der Waals surface area contributed by atoms with Crippen molar-refractivity contribution < 1.29 is 27.8 Å². The summed E-state index contributed by atoms with van der Waals surface area (Å²) in [6, 6.07) is 1.25. The molecule has 1 unspecified atom stereocenters. The molecule has 238 valence electrons. The van der Waals surface area contributed by atoms with Crippen LogP contribution >= 0.6 is 22.9 Å². The van der Waals surface area contributed by atoms with E-state index in [1.807, 2.05) is 4.90 Å². The van der Waals surface area contributed by atoms with E-state index in [9.17, 15) is 18.4 Å². The molecule has 0 aliphatic carbocycles. The lowest BCUT2D eigenvalue weighted by atomic mass is 9.85. The van der Waals surface area contributed by atoms with Crippen LogP contribution in [-0.4, -0.2) is 59.0 Å². The van der Waals surface area contributed by atoms with Gasteiger partial charge in [-0.3, -0.25) is 9.79 Å². The van der Waals surface area contributed by atoms with Crippen molar-refractivity contribution in [2.24, 2.45) is 10.9 Å². The highest BCUT2D eigenvalue weighted by Gasteiger charge is 2.39. The molecule has 4 heterocycles. The molecular weight excluding hydrogens is 626 g/mol. The summed E-state index contributed by atoms with van der Waals surface area (Å²) in [5.41, 5.74) is 0.652. The summed E-state index contributed by atoms with van der Waals surface area (Å²) in [7, 11) is 0. The van der Waals surface area contributed by atoms with Gasteiger partial charge in [0.2, 0.25) is 5.95 Å². The Morgan fingerprint density at radius 1 is 1.09 bits per heavy atom. The van der Waals surface area contributed by atoms with E-state index in [1.54, 1.807) is 51.7 Å².